The zero-order valence-electron chi connectivity index (χ0n) is 16.6. The number of amides is 1. The second-order valence-corrected chi connectivity index (χ2v) is 8.34. The Bertz CT molecular complexity index is 870. The summed E-state index contributed by atoms with van der Waals surface area (Å²) >= 11 is 0. The van der Waals surface area contributed by atoms with Gasteiger partial charge in [-0.05, 0) is 43.3 Å². The number of likely N-dealkylation sites (N-methyl/N-ethyl adjacent to an activating group) is 1. The van der Waals surface area contributed by atoms with E-state index in [1.54, 1.807) is 31.2 Å². The summed E-state index contributed by atoms with van der Waals surface area (Å²) in [6.45, 7) is 2.57. The van der Waals surface area contributed by atoms with Crippen LogP contribution in [0, 0.1) is 0 Å². The summed E-state index contributed by atoms with van der Waals surface area (Å²) in [6.07, 6.45) is 1.09. The maximum atomic E-state index is 12.6. The fraction of sp³-hybridized carbons (Fsp3) is 0.350. The van der Waals surface area contributed by atoms with Gasteiger partial charge in [0.05, 0.1) is 19.1 Å². The van der Waals surface area contributed by atoms with E-state index in [-0.39, 0.29) is 5.91 Å². The lowest BCUT2D eigenvalue weighted by atomic mass is 10.2. The van der Waals surface area contributed by atoms with Gasteiger partial charge in [-0.15, -0.1) is 0 Å². The van der Waals surface area contributed by atoms with Gasteiger partial charge in [0, 0.05) is 25.8 Å². The van der Waals surface area contributed by atoms with Gasteiger partial charge in [0.1, 0.15) is 11.8 Å². The average Bonchev–Trinajstić information content (AvgIpc) is 2.68. The number of anilines is 2. The maximum absolute atomic E-state index is 12.6. The molecule has 7 nitrogen and oxygen atoms in total. The topological polar surface area (TPSA) is 79.0 Å². The number of benzene rings is 2. The van der Waals surface area contributed by atoms with Gasteiger partial charge in [-0.3, -0.25) is 9.10 Å². The molecule has 28 heavy (non-hydrogen) atoms. The first-order valence-corrected chi connectivity index (χ1v) is 10.8. The van der Waals surface area contributed by atoms with E-state index in [4.69, 9.17) is 4.74 Å². The summed E-state index contributed by atoms with van der Waals surface area (Å²) in [6, 6.07) is 15.5. The molecule has 0 aromatic heterocycles. The number of rotatable bonds is 9. The monoisotopic (exact) mass is 405 g/mol. The van der Waals surface area contributed by atoms with Gasteiger partial charge in [0.15, 0.2) is 0 Å². The molecule has 0 bridgehead atoms. The van der Waals surface area contributed by atoms with Crippen LogP contribution in [0.15, 0.2) is 54.6 Å². The Labute approximate surface area is 167 Å². The molecule has 1 N–H and O–H groups in total. The summed E-state index contributed by atoms with van der Waals surface area (Å²) in [4.78, 5) is 14.6. The number of nitrogens with one attached hydrogen (secondary N) is 1. The number of sulfonamides is 1. The van der Waals surface area contributed by atoms with Gasteiger partial charge in [-0.25, -0.2) is 8.42 Å². The predicted octanol–water partition coefficient (Wildman–Crippen LogP) is 2.10. The molecular formula is C20H27N3O4S. The molecule has 2 rings (SSSR count). The van der Waals surface area contributed by atoms with E-state index < -0.39 is 16.1 Å². The van der Waals surface area contributed by atoms with Crippen molar-refractivity contribution in [2.24, 2.45) is 0 Å². The van der Waals surface area contributed by atoms with Gasteiger partial charge in [0.2, 0.25) is 15.9 Å². The van der Waals surface area contributed by atoms with Crippen LogP contribution in [0.1, 0.15) is 6.92 Å². The molecular weight excluding hydrogens is 378 g/mol. The summed E-state index contributed by atoms with van der Waals surface area (Å²) in [5, 5.41) is 2.82. The van der Waals surface area contributed by atoms with Crippen LogP contribution in [-0.2, 0) is 14.8 Å². The number of hydrogen-bond donors (Lipinski definition) is 1. The van der Waals surface area contributed by atoms with Gasteiger partial charge < -0.3 is 15.0 Å². The minimum absolute atomic E-state index is 0.359. The lowest BCUT2D eigenvalue weighted by Crippen LogP contribution is -2.49. The molecule has 2 aromatic carbocycles. The Balaban J connectivity index is 2.03. The quantitative estimate of drug-likeness (QED) is 0.691. The Morgan fingerprint density at radius 2 is 1.68 bits per heavy atom. The van der Waals surface area contributed by atoms with Gasteiger partial charge in [0.25, 0.3) is 0 Å². The van der Waals surface area contributed by atoms with Crippen LogP contribution in [-0.4, -0.2) is 53.9 Å². The van der Waals surface area contributed by atoms with Gasteiger partial charge >= 0.3 is 0 Å². The van der Waals surface area contributed by atoms with Crippen LogP contribution in [0.4, 0.5) is 11.4 Å². The molecule has 0 heterocycles. The SMILES string of the molecule is COc1ccc(N([C@@H](C)C(=O)NCCN(C)c2ccccc2)S(C)(=O)=O)cc1. The number of carbonyl (C=O) groups excluding carboxylic acids is 1. The molecule has 0 aliphatic rings. The van der Waals surface area contributed by atoms with Crippen molar-refractivity contribution in [3.63, 3.8) is 0 Å². The highest BCUT2D eigenvalue weighted by Gasteiger charge is 2.28. The van der Waals surface area contributed by atoms with E-state index in [9.17, 15) is 13.2 Å². The van der Waals surface area contributed by atoms with Crippen molar-refractivity contribution in [1.82, 2.24) is 5.32 Å². The van der Waals surface area contributed by atoms with Crippen LogP contribution in [0.2, 0.25) is 0 Å². The summed E-state index contributed by atoms with van der Waals surface area (Å²) in [5.41, 5.74) is 1.45. The lowest BCUT2D eigenvalue weighted by molar-refractivity contribution is -0.121. The van der Waals surface area contributed by atoms with Crippen molar-refractivity contribution >= 4 is 27.3 Å². The van der Waals surface area contributed by atoms with Crippen LogP contribution < -0.4 is 19.3 Å². The van der Waals surface area contributed by atoms with Gasteiger partial charge in [-0.2, -0.15) is 0 Å². The van der Waals surface area contributed by atoms with E-state index in [1.807, 2.05) is 42.3 Å². The van der Waals surface area contributed by atoms with Crippen LogP contribution in [0.5, 0.6) is 5.75 Å². The standard InChI is InChI=1S/C20H27N3O4S/c1-16(20(24)21-14-15-22(2)17-8-6-5-7-9-17)23(28(4,25)26)18-10-12-19(27-3)13-11-18/h5-13,16H,14-15H2,1-4H3,(H,21,24)/t16-/m0/s1. The third kappa shape index (κ3) is 5.63. The molecule has 152 valence electrons. The van der Waals surface area contributed by atoms with E-state index in [1.165, 1.54) is 7.11 Å². The zero-order chi connectivity index (χ0) is 20.7. The van der Waals surface area contributed by atoms with Crippen molar-refractivity contribution in [3.05, 3.63) is 54.6 Å². The molecule has 2 aromatic rings. The smallest absolute Gasteiger partial charge is 0.243 e. The number of nitrogens with zero attached hydrogens (tertiary/aromatic N) is 2. The highest BCUT2D eigenvalue weighted by atomic mass is 32.2. The number of ether oxygens (including phenoxy) is 1. The largest absolute Gasteiger partial charge is 0.497 e. The van der Waals surface area contributed by atoms with Crippen LogP contribution >= 0.6 is 0 Å². The highest BCUT2D eigenvalue weighted by Crippen LogP contribution is 2.23. The lowest BCUT2D eigenvalue weighted by Gasteiger charge is -2.28. The summed E-state index contributed by atoms with van der Waals surface area (Å²) < 4.78 is 30.8. The van der Waals surface area contributed by atoms with Gasteiger partial charge in [-0.1, -0.05) is 18.2 Å². The zero-order valence-corrected chi connectivity index (χ0v) is 17.4. The van der Waals surface area contributed by atoms with E-state index in [2.05, 4.69) is 5.32 Å². The van der Waals surface area contributed by atoms with Crippen molar-refractivity contribution in [3.8, 4) is 5.75 Å². The number of para-hydroxylation sites is 1. The Hall–Kier alpha value is -2.74. The fourth-order valence-corrected chi connectivity index (χ4v) is 4.02. The third-order valence-corrected chi connectivity index (χ3v) is 5.60. The second kappa shape index (κ2) is 9.45. The molecule has 8 heteroatoms. The fourth-order valence-electron chi connectivity index (χ4n) is 2.84. The number of carbonyl (C=O) groups is 1. The first kappa shape index (κ1) is 21.6. The Kier molecular flexibility index (Phi) is 7.28. The molecule has 0 fully saturated rings. The molecule has 0 aliphatic carbocycles. The summed E-state index contributed by atoms with van der Waals surface area (Å²) in [5.74, 6) is 0.251. The molecule has 0 radical (unpaired) electrons. The average molecular weight is 406 g/mol. The third-order valence-electron chi connectivity index (χ3n) is 4.36. The Morgan fingerprint density at radius 3 is 2.21 bits per heavy atom. The summed E-state index contributed by atoms with van der Waals surface area (Å²) in [7, 11) is -0.176. The molecule has 0 aliphatic heterocycles. The van der Waals surface area contributed by atoms with E-state index >= 15 is 0 Å². The first-order chi connectivity index (χ1) is 13.2. The molecule has 1 amide bonds. The number of hydrogen-bond acceptors (Lipinski definition) is 5. The molecule has 0 saturated heterocycles. The van der Waals surface area contributed by atoms with Crippen LogP contribution in [0.25, 0.3) is 0 Å². The molecule has 0 saturated carbocycles. The normalized spacial score (nSPS) is 12.1. The maximum Gasteiger partial charge on any atom is 0.243 e. The number of methoxy groups -OCH3 is 1. The predicted molar refractivity (Wildman–Crippen MR) is 113 cm³/mol. The minimum Gasteiger partial charge on any atom is -0.497 e. The van der Waals surface area contributed by atoms with E-state index in [0.29, 0.717) is 24.5 Å². The molecule has 0 spiro atoms. The van der Waals surface area contributed by atoms with Crippen LogP contribution in [0.3, 0.4) is 0 Å². The van der Waals surface area contributed by atoms with Crippen molar-refractivity contribution in [2.45, 2.75) is 13.0 Å². The van der Waals surface area contributed by atoms with Crippen molar-refractivity contribution in [2.75, 3.05) is 42.7 Å². The van der Waals surface area contributed by atoms with Crippen molar-refractivity contribution in [1.29, 1.82) is 0 Å². The van der Waals surface area contributed by atoms with E-state index in [0.717, 1.165) is 16.2 Å². The first-order valence-electron chi connectivity index (χ1n) is 8.91. The molecule has 0 unspecified atom stereocenters. The highest BCUT2D eigenvalue weighted by molar-refractivity contribution is 7.92. The molecule has 1 atom stereocenters. The van der Waals surface area contributed by atoms with Crippen molar-refractivity contribution < 1.29 is 17.9 Å². The minimum atomic E-state index is -3.64. The Morgan fingerprint density at radius 1 is 1.07 bits per heavy atom. The second-order valence-electron chi connectivity index (χ2n) is 6.48.